The summed E-state index contributed by atoms with van der Waals surface area (Å²) in [6, 6.07) is 17.9. The van der Waals surface area contributed by atoms with Crippen LogP contribution in [-0.4, -0.2) is 12.6 Å². The summed E-state index contributed by atoms with van der Waals surface area (Å²) in [4.78, 5) is 2.56. The Bertz CT molecular complexity index is 937. The molecule has 0 radical (unpaired) electrons. The molecule has 0 amide bonds. The van der Waals surface area contributed by atoms with E-state index in [1.807, 2.05) is 0 Å². The molecule has 1 N–H and O–H groups in total. The largest absolute Gasteiger partial charge is 0.378 e. The summed E-state index contributed by atoms with van der Waals surface area (Å²) in [5.41, 5.74) is 7.08. The van der Waals surface area contributed by atoms with Crippen LogP contribution >= 0.6 is 0 Å². The molecule has 2 aromatic rings. The average Bonchev–Trinajstić information content (AvgIpc) is 3.25. The monoisotopic (exact) mass is 414 g/mol. The second kappa shape index (κ2) is 9.77. The smallest absolute Gasteiger partial charge is 0.0539 e. The third-order valence-electron chi connectivity index (χ3n) is 7.04. The highest BCUT2D eigenvalue weighted by atomic mass is 15.2. The molecule has 0 saturated heterocycles. The van der Waals surface area contributed by atoms with Crippen LogP contribution in [0.15, 0.2) is 72.5 Å². The molecule has 2 nitrogen and oxygen atoms in total. The van der Waals surface area contributed by atoms with Crippen molar-refractivity contribution in [2.45, 2.75) is 77.2 Å². The Labute approximate surface area is 189 Å². The molecule has 4 rings (SSSR count). The lowest BCUT2D eigenvalue weighted by Crippen LogP contribution is -2.31. The minimum Gasteiger partial charge on any atom is -0.378 e. The van der Waals surface area contributed by atoms with Crippen molar-refractivity contribution in [2.24, 2.45) is 0 Å². The number of allylic oxidation sites excluding steroid dienone is 3. The van der Waals surface area contributed by atoms with E-state index < -0.39 is 0 Å². The van der Waals surface area contributed by atoms with Crippen LogP contribution in [0.3, 0.4) is 0 Å². The second-order valence-corrected chi connectivity index (χ2v) is 9.66. The Kier molecular flexibility index (Phi) is 6.85. The summed E-state index contributed by atoms with van der Waals surface area (Å²) in [5, 5.41) is 3.71. The number of unbranched alkanes of at least 4 members (excludes halogenated alkanes) is 5. The Morgan fingerprint density at radius 1 is 0.968 bits per heavy atom. The van der Waals surface area contributed by atoms with E-state index in [2.05, 4.69) is 97.7 Å². The molecule has 2 heteroatoms. The first kappa shape index (κ1) is 21.7. The molecule has 164 valence electrons. The first-order chi connectivity index (χ1) is 15.1. The molecule has 1 unspecified atom stereocenters. The molecule has 2 heterocycles. The highest BCUT2D eigenvalue weighted by Crippen LogP contribution is 2.41. The van der Waals surface area contributed by atoms with Crippen LogP contribution in [-0.2, 0) is 11.8 Å². The highest BCUT2D eigenvalue weighted by molar-refractivity contribution is 5.66. The Hall–Kier alpha value is -2.48. The molecule has 0 saturated carbocycles. The van der Waals surface area contributed by atoms with Gasteiger partial charge in [0.05, 0.1) is 6.04 Å². The van der Waals surface area contributed by atoms with Gasteiger partial charge in [0.25, 0.3) is 0 Å². The standard InChI is InChI=1S/C29H38N2/c1-4-5-6-7-8-13-21-31-24(22-23-15-9-12-19-27(23)31)16-14-20-28-29(2,3)25-17-10-11-18-26(25)30-28/h9-12,14-20,28,30H,4-8,13,21-22H2,1-3H3. The molecule has 0 spiro atoms. The number of anilines is 2. The van der Waals surface area contributed by atoms with Gasteiger partial charge in [-0.1, -0.05) is 101 Å². The third-order valence-corrected chi connectivity index (χ3v) is 7.04. The second-order valence-electron chi connectivity index (χ2n) is 9.66. The number of hydrogen-bond donors (Lipinski definition) is 1. The fourth-order valence-corrected chi connectivity index (χ4v) is 5.08. The molecule has 2 aliphatic rings. The van der Waals surface area contributed by atoms with Crippen molar-refractivity contribution in [3.05, 3.63) is 83.6 Å². The van der Waals surface area contributed by atoms with Gasteiger partial charge in [0.15, 0.2) is 0 Å². The average molecular weight is 415 g/mol. The quantitative estimate of drug-likeness (QED) is 0.424. The molecule has 2 aromatic carbocycles. The number of nitrogens with zero attached hydrogens (tertiary/aromatic N) is 1. The summed E-state index contributed by atoms with van der Waals surface area (Å²) in [7, 11) is 0. The van der Waals surface area contributed by atoms with Crippen molar-refractivity contribution >= 4 is 11.4 Å². The zero-order valence-electron chi connectivity index (χ0n) is 19.5. The lowest BCUT2D eigenvalue weighted by Gasteiger charge is -2.25. The molecule has 1 atom stereocenters. The first-order valence-corrected chi connectivity index (χ1v) is 12.2. The third kappa shape index (κ3) is 4.74. The van der Waals surface area contributed by atoms with Crippen molar-refractivity contribution in [3.8, 4) is 0 Å². The van der Waals surface area contributed by atoms with E-state index in [1.54, 1.807) is 0 Å². The number of fused-ring (bicyclic) bond motifs is 2. The van der Waals surface area contributed by atoms with E-state index in [0.717, 1.165) is 13.0 Å². The summed E-state index contributed by atoms with van der Waals surface area (Å²) in [5.74, 6) is 0. The highest BCUT2D eigenvalue weighted by Gasteiger charge is 2.37. The maximum absolute atomic E-state index is 3.71. The van der Waals surface area contributed by atoms with Gasteiger partial charge in [-0.15, -0.1) is 0 Å². The van der Waals surface area contributed by atoms with Crippen LogP contribution in [0.2, 0.25) is 0 Å². The van der Waals surface area contributed by atoms with Crippen LogP contribution in [0.1, 0.15) is 70.4 Å². The SMILES string of the molecule is CCCCCCCCN1C(=CC=CC2Nc3ccccc3C2(C)C)Cc2ccccc21. The van der Waals surface area contributed by atoms with Gasteiger partial charge in [0, 0.05) is 35.5 Å². The summed E-state index contributed by atoms with van der Waals surface area (Å²) >= 11 is 0. The maximum Gasteiger partial charge on any atom is 0.0539 e. The van der Waals surface area contributed by atoms with Crippen molar-refractivity contribution in [2.75, 3.05) is 16.8 Å². The number of rotatable bonds is 9. The molecule has 31 heavy (non-hydrogen) atoms. The van der Waals surface area contributed by atoms with E-state index >= 15 is 0 Å². The molecular formula is C29H38N2. The molecule has 2 aliphatic heterocycles. The Morgan fingerprint density at radius 3 is 2.55 bits per heavy atom. The van der Waals surface area contributed by atoms with Gasteiger partial charge in [-0.2, -0.15) is 0 Å². The lowest BCUT2D eigenvalue weighted by atomic mass is 9.80. The molecule has 0 aromatic heterocycles. The Balaban J connectivity index is 1.43. The summed E-state index contributed by atoms with van der Waals surface area (Å²) in [6.45, 7) is 8.09. The molecule has 0 fully saturated rings. The summed E-state index contributed by atoms with van der Waals surface area (Å²) < 4.78 is 0. The van der Waals surface area contributed by atoms with Crippen LogP contribution in [0.5, 0.6) is 0 Å². The van der Waals surface area contributed by atoms with Crippen molar-refractivity contribution in [1.82, 2.24) is 0 Å². The number of nitrogens with one attached hydrogen (secondary N) is 1. The van der Waals surface area contributed by atoms with Gasteiger partial charge in [-0.3, -0.25) is 0 Å². The fourth-order valence-electron chi connectivity index (χ4n) is 5.08. The van der Waals surface area contributed by atoms with E-state index in [0.29, 0.717) is 6.04 Å². The molecule has 0 aliphatic carbocycles. The van der Waals surface area contributed by atoms with Crippen LogP contribution in [0.4, 0.5) is 11.4 Å². The Morgan fingerprint density at radius 2 is 1.71 bits per heavy atom. The zero-order valence-corrected chi connectivity index (χ0v) is 19.5. The molecular weight excluding hydrogens is 376 g/mol. The lowest BCUT2D eigenvalue weighted by molar-refractivity contribution is 0.518. The van der Waals surface area contributed by atoms with Gasteiger partial charge in [-0.05, 0) is 35.8 Å². The van der Waals surface area contributed by atoms with Crippen molar-refractivity contribution in [1.29, 1.82) is 0 Å². The predicted molar refractivity (Wildman–Crippen MR) is 135 cm³/mol. The maximum atomic E-state index is 3.71. The van der Waals surface area contributed by atoms with Crippen molar-refractivity contribution < 1.29 is 0 Å². The van der Waals surface area contributed by atoms with Gasteiger partial charge in [0.2, 0.25) is 0 Å². The summed E-state index contributed by atoms with van der Waals surface area (Å²) in [6.07, 6.45) is 16.0. The number of hydrogen-bond acceptors (Lipinski definition) is 2. The minimum atomic E-state index is 0.0996. The van der Waals surface area contributed by atoms with Gasteiger partial charge in [0.1, 0.15) is 0 Å². The number of para-hydroxylation sites is 2. The van der Waals surface area contributed by atoms with Gasteiger partial charge in [-0.25, -0.2) is 0 Å². The number of benzene rings is 2. The minimum absolute atomic E-state index is 0.0996. The van der Waals surface area contributed by atoms with Crippen molar-refractivity contribution in [3.63, 3.8) is 0 Å². The normalized spacial score (nSPS) is 20.3. The fraction of sp³-hybridized carbons (Fsp3) is 0.448. The predicted octanol–water partition coefficient (Wildman–Crippen LogP) is 7.62. The van der Waals surface area contributed by atoms with Gasteiger partial charge < -0.3 is 10.2 Å². The van der Waals surface area contributed by atoms with E-state index in [1.165, 1.54) is 66.7 Å². The van der Waals surface area contributed by atoms with Crippen LogP contribution in [0.25, 0.3) is 0 Å². The topological polar surface area (TPSA) is 15.3 Å². The van der Waals surface area contributed by atoms with Crippen LogP contribution < -0.4 is 10.2 Å². The first-order valence-electron chi connectivity index (χ1n) is 12.2. The zero-order chi connectivity index (χ0) is 21.7. The van der Waals surface area contributed by atoms with Gasteiger partial charge >= 0.3 is 0 Å². The van der Waals surface area contributed by atoms with E-state index in [4.69, 9.17) is 0 Å². The van der Waals surface area contributed by atoms with Crippen LogP contribution in [0, 0.1) is 0 Å². The van der Waals surface area contributed by atoms with E-state index in [9.17, 15) is 0 Å². The van der Waals surface area contributed by atoms with E-state index in [-0.39, 0.29) is 5.41 Å². The molecule has 0 bridgehead atoms.